The molecule has 11 heteroatoms. The standard InChI is InChI=1S/C28H29F3N6O2/c1-35-24-18(9-17(11-21(24)39-2)27(38)37-13-16-5-7-19(37)23(16)32)33-26(35)20-10-15-6-8-22(28(29,30)31)34-25(15)36(20)12-14-3-4-14/h6,8-11,14,16,19,23H,3-5,7,12-13,32H2,1-2H3. The van der Waals surface area contributed by atoms with Gasteiger partial charge in [-0.3, -0.25) is 4.79 Å². The third-order valence-electron chi connectivity index (χ3n) is 8.72. The number of methoxy groups -OCH3 is 1. The lowest BCUT2D eigenvalue weighted by atomic mass is 10.1. The molecular formula is C28H29F3N6O2. The number of aromatic nitrogens is 4. The third kappa shape index (κ3) is 3.81. The highest BCUT2D eigenvalue weighted by Gasteiger charge is 2.47. The number of piperidine rings is 1. The third-order valence-corrected chi connectivity index (χ3v) is 8.72. The average Bonchev–Trinajstić information content (AvgIpc) is 3.31. The number of hydrogen-bond acceptors (Lipinski definition) is 5. The summed E-state index contributed by atoms with van der Waals surface area (Å²) in [4.78, 5) is 24.3. The van der Waals surface area contributed by atoms with Gasteiger partial charge in [0.2, 0.25) is 0 Å². The van der Waals surface area contributed by atoms with E-state index in [1.54, 1.807) is 19.2 Å². The number of alkyl halides is 3. The van der Waals surface area contributed by atoms with Crippen LogP contribution >= 0.6 is 0 Å². The molecule has 2 aliphatic carbocycles. The zero-order chi connectivity index (χ0) is 27.2. The number of halogens is 3. The maximum atomic E-state index is 13.5. The number of pyridine rings is 1. The molecule has 204 valence electrons. The van der Waals surface area contributed by atoms with Crippen molar-refractivity contribution in [3.63, 3.8) is 0 Å². The summed E-state index contributed by atoms with van der Waals surface area (Å²) in [5.74, 6) is 1.73. The normalized spacial score (nSPS) is 22.9. The number of ether oxygens (including phenoxy) is 1. The number of rotatable bonds is 5. The van der Waals surface area contributed by atoms with Gasteiger partial charge in [-0.05, 0) is 67.9 Å². The highest BCUT2D eigenvalue weighted by atomic mass is 19.4. The van der Waals surface area contributed by atoms with Crippen LogP contribution in [0.2, 0.25) is 0 Å². The second-order valence-corrected chi connectivity index (χ2v) is 11.2. The topological polar surface area (TPSA) is 91.2 Å². The largest absolute Gasteiger partial charge is 0.494 e. The second-order valence-electron chi connectivity index (χ2n) is 11.2. The first kappa shape index (κ1) is 24.4. The average molecular weight is 539 g/mol. The molecule has 39 heavy (non-hydrogen) atoms. The molecule has 2 saturated carbocycles. The van der Waals surface area contributed by atoms with E-state index in [2.05, 4.69) is 4.98 Å². The number of fused-ring (bicyclic) bond motifs is 4. The van der Waals surface area contributed by atoms with Gasteiger partial charge in [-0.25, -0.2) is 9.97 Å². The second kappa shape index (κ2) is 8.45. The maximum Gasteiger partial charge on any atom is 0.433 e. The molecule has 1 amide bonds. The van der Waals surface area contributed by atoms with Crippen LogP contribution in [0, 0.1) is 11.8 Å². The Morgan fingerprint density at radius 1 is 1.13 bits per heavy atom. The van der Waals surface area contributed by atoms with Crippen molar-refractivity contribution in [1.29, 1.82) is 0 Å². The molecule has 3 unspecified atom stereocenters. The Balaban J connectivity index is 1.35. The van der Waals surface area contributed by atoms with Crippen molar-refractivity contribution >= 4 is 28.0 Å². The molecule has 1 saturated heterocycles. The number of imidazole rings is 1. The Morgan fingerprint density at radius 3 is 2.56 bits per heavy atom. The lowest BCUT2D eigenvalue weighted by Crippen LogP contribution is -2.41. The summed E-state index contributed by atoms with van der Waals surface area (Å²) < 4.78 is 49.9. The van der Waals surface area contributed by atoms with E-state index < -0.39 is 11.9 Å². The van der Waals surface area contributed by atoms with Crippen molar-refractivity contribution < 1.29 is 22.7 Å². The summed E-state index contributed by atoms with van der Waals surface area (Å²) >= 11 is 0. The van der Waals surface area contributed by atoms with Crippen molar-refractivity contribution in [3.05, 3.63) is 41.6 Å². The quantitative estimate of drug-likeness (QED) is 0.402. The van der Waals surface area contributed by atoms with Gasteiger partial charge < -0.3 is 24.5 Å². The van der Waals surface area contributed by atoms with Crippen LogP contribution in [0.15, 0.2) is 30.3 Å². The van der Waals surface area contributed by atoms with Crippen molar-refractivity contribution in [1.82, 2.24) is 24.0 Å². The van der Waals surface area contributed by atoms with Crippen LogP contribution < -0.4 is 10.5 Å². The predicted molar refractivity (Wildman–Crippen MR) is 139 cm³/mol. The van der Waals surface area contributed by atoms with Gasteiger partial charge in [-0.1, -0.05) is 0 Å². The predicted octanol–water partition coefficient (Wildman–Crippen LogP) is 4.59. The monoisotopic (exact) mass is 538 g/mol. The van der Waals surface area contributed by atoms with Crippen LogP contribution in [0.25, 0.3) is 33.6 Å². The Hall–Kier alpha value is -3.60. The molecule has 0 spiro atoms. The number of benzene rings is 1. The lowest BCUT2D eigenvalue weighted by molar-refractivity contribution is -0.141. The van der Waals surface area contributed by atoms with Gasteiger partial charge in [-0.2, -0.15) is 13.2 Å². The van der Waals surface area contributed by atoms with Crippen molar-refractivity contribution in [2.24, 2.45) is 24.6 Å². The molecule has 7 rings (SSSR count). The zero-order valence-corrected chi connectivity index (χ0v) is 21.7. The van der Waals surface area contributed by atoms with Crippen molar-refractivity contribution in [2.45, 2.75) is 50.5 Å². The molecular weight excluding hydrogens is 509 g/mol. The molecule has 1 aromatic carbocycles. The van der Waals surface area contributed by atoms with E-state index in [4.69, 9.17) is 15.5 Å². The van der Waals surface area contributed by atoms with Gasteiger partial charge in [0.15, 0.2) is 5.82 Å². The molecule has 4 heterocycles. The van der Waals surface area contributed by atoms with Gasteiger partial charge >= 0.3 is 6.18 Å². The molecule has 3 aliphatic rings. The SMILES string of the molecule is COc1cc(C(=O)N2CC3CCC2C3N)cc2nc(-c3cc4ccc(C(F)(F)F)nc4n3CC3CC3)n(C)c12. The van der Waals surface area contributed by atoms with E-state index >= 15 is 0 Å². The van der Waals surface area contributed by atoms with Crippen LogP contribution in [0.1, 0.15) is 41.7 Å². The number of nitrogens with two attached hydrogens (primary N) is 1. The van der Waals surface area contributed by atoms with E-state index in [1.165, 1.54) is 6.07 Å². The number of likely N-dealkylation sites (tertiary alicyclic amines) is 1. The summed E-state index contributed by atoms with van der Waals surface area (Å²) in [5, 5.41) is 0.619. The summed E-state index contributed by atoms with van der Waals surface area (Å²) in [6, 6.07) is 7.90. The summed E-state index contributed by atoms with van der Waals surface area (Å²) in [6.45, 7) is 1.22. The van der Waals surface area contributed by atoms with Crippen LogP contribution in [-0.2, 0) is 19.8 Å². The molecule has 3 fully saturated rings. The van der Waals surface area contributed by atoms with Crippen LogP contribution in [-0.4, -0.2) is 55.6 Å². The molecule has 2 bridgehead atoms. The number of carbonyl (C=O) groups is 1. The zero-order valence-electron chi connectivity index (χ0n) is 21.7. The van der Waals surface area contributed by atoms with Gasteiger partial charge in [0, 0.05) is 43.2 Å². The first-order valence-corrected chi connectivity index (χ1v) is 13.3. The first-order valence-electron chi connectivity index (χ1n) is 13.3. The van der Waals surface area contributed by atoms with Crippen LogP contribution in [0.4, 0.5) is 13.2 Å². The lowest BCUT2D eigenvalue weighted by Gasteiger charge is -2.27. The Morgan fingerprint density at radius 2 is 1.92 bits per heavy atom. The highest BCUT2D eigenvalue weighted by Crippen LogP contribution is 2.40. The minimum atomic E-state index is -4.53. The van der Waals surface area contributed by atoms with E-state index in [0.29, 0.717) is 69.8 Å². The van der Waals surface area contributed by atoms with E-state index in [0.717, 1.165) is 31.7 Å². The molecule has 4 aromatic rings. The molecule has 0 radical (unpaired) electrons. The highest BCUT2D eigenvalue weighted by molar-refractivity contribution is 6.00. The fraction of sp³-hybridized carbons (Fsp3) is 0.464. The summed E-state index contributed by atoms with van der Waals surface area (Å²) in [7, 11) is 3.40. The fourth-order valence-electron chi connectivity index (χ4n) is 6.48. The van der Waals surface area contributed by atoms with Crippen LogP contribution in [0.3, 0.4) is 0 Å². The number of carbonyl (C=O) groups excluding carboxylic acids is 1. The Bertz CT molecular complexity index is 1640. The number of aryl methyl sites for hydroxylation is 1. The van der Waals surface area contributed by atoms with Crippen molar-refractivity contribution in [3.8, 4) is 17.3 Å². The Labute approximate surface area is 222 Å². The van der Waals surface area contributed by atoms with E-state index in [1.807, 2.05) is 27.1 Å². The minimum Gasteiger partial charge on any atom is -0.494 e. The molecule has 3 atom stereocenters. The summed E-state index contributed by atoms with van der Waals surface area (Å²) in [5.41, 5.74) is 8.17. The van der Waals surface area contributed by atoms with E-state index in [9.17, 15) is 18.0 Å². The fourth-order valence-corrected chi connectivity index (χ4v) is 6.48. The number of hydrogen-bond donors (Lipinski definition) is 1. The Kier molecular flexibility index (Phi) is 5.29. The van der Waals surface area contributed by atoms with Gasteiger partial charge in [-0.15, -0.1) is 0 Å². The van der Waals surface area contributed by atoms with E-state index in [-0.39, 0.29) is 18.0 Å². The molecule has 8 nitrogen and oxygen atoms in total. The van der Waals surface area contributed by atoms with Crippen molar-refractivity contribution in [2.75, 3.05) is 13.7 Å². The van der Waals surface area contributed by atoms with Gasteiger partial charge in [0.05, 0.1) is 18.3 Å². The first-order chi connectivity index (χ1) is 18.6. The van der Waals surface area contributed by atoms with Gasteiger partial charge in [0.1, 0.15) is 22.6 Å². The maximum absolute atomic E-state index is 13.5. The van der Waals surface area contributed by atoms with Gasteiger partial charge in [0.25, 0.3) is 5.91 Å². The molecule has 3 aromatic heterocycles. The number of amides is 1. The molecule has 2 N–H and O–H groups in total. The summed E-state index contributed by atoms with van der Waals surface area (Å²) in [6.07, 6.45) is -0.504. The number of nitrogens with zero attached hydrogens (tertiary/aromatic N) is 5. The van der Waals surface area contributed by atoms with Crippen LogP contribution in [0.5, 0.6) is 5.75 Å². The minimum absolute atomic E-state index is 0.0147. The molecule has 1 aliphatic heterocycles. The smallest absolute Gasteiger partial charge is 0.433 e.